The fraction of sp³-hybridized carbons (Fsp3) is 0.875. The molecule has 8 N–H and O–H groups in total. The summed E-state index contributed by atoms with van der Waals surface area (Å²) in [6.07, 6.45) is -6.30. The summed E-state index contributed by atoms with van der Waals surface area (Å²) in [4.78, 5) is 23.8. The van der Waals surface area contributed by atoms with Crippen LogP contribution in [0.2, 0.25) is 0 Å². The van der Waals surface area contributed by atoms with Crippen molar-refractivity contribution in [3.8, 4) is 0 Å². The second kappa shape index (κ2) is 10.9. The van der Waals surface area contributed by atoms with Crippen LogP contribution in [0, 0.1) is 0 Å². The highest BCUT2D eigenvalue weighted by Crippen LogP contribution is 2.27. The third-order valence-electron chi connectivity index (χ3n) is 5.06. The van der Waals surface area contributed by atoms with Crippen molar-refractivity contribution in [1.29, 1.82) is 0 Å². The molecule has 0 aliphatic carbocycles. The Kier molecular flexibility index (Phi) is 9.11. The van der Waals surface area contributed by atoms with E-state index >= 15 is 0 Å². The van der Waals surface area contributed by atoms with Crippen molar-refractivity contribution in [2.75, 3.05) is 25.5 Å². The molecule has 0 aromatic heterocycles. The largest absolute Gasteiger partial charge is 0.395 e. The first-order chi connectivity index (χ1) is 14.5. The normalized spacial score (nSPS) is 36.2. The van der Waals surface area contributed by atoms with Crippen molar-refractivity contribution in [2.45, 2.75) is 62.2 Å². The fourth-order valence-corrected chi connectivity index (χ4v) is 3.88. The Morgan fingerprint density at radius 3 is 2.42 bits per heavy atom. The van der Waals surface area contributed by atoms with Crippen LogP contribution in [0.4, 0.5) is 0 Å². The maximum absolute atomic E-state index is 12.3. The van der Waals surface area contributed by atoms with Gasteiger partial charge in [-0.25, -0.2) is 0 Å². The van der Waals surface area contributed by atoms with Gasteiger partial charge in [0.2, 0.25) is 11.8 Å². The molecule has 0 bridgehead atoms. The monoisotopic (exact) mass is 471 g/mol. The predicted molar refractivity (Wildman–Crippen MR) is 102 cm³/mol. The molecule has 0 aromatic carbocycles. The van der Waals surface area contributed by atoms with Crippen LogP contribution in [0.25, 0.3) is 0 Å². The van der Waals surface area contributed by atoms with E-state index < -0.39 is 89.7 Å². The Labute approximate surface area is 178 Å². The second-order valence-corrected chi connectivity index (χ2v) is 9.00. The minimum absolute atomic E-state index is 0.0258. The number of aliphatic hydroxyl groups is 4. The number of amides is 2. The minimum atomic E-state index is -4.24. The molecule has 2 amide bonds. The maximum atomic E-state index is 12.3. The molecule has 0 aromatic rings. The van der Waals surface area contributed by atoms with E-state index in [0.29, 0.717) is 0 Å². The third-order valence-corrected chi connectivity index (χ3v) is 5.78. The van der Waals surface area contributed by atoms with E-state index in [1.54, 1.807) is 0 Å². The lowest BCUT2D eigenvalue weighted by molar-refractivity contribution is -0.282. The van der Waals surface area contributed by atoms with E-state index in [2.05, 4.69) is 16.0 Å². The lowest BCUT2D eigenvalue weighted by Crippen LogP contribution is -2.65. The number of rotatable bonds is 9. The van der Waals surface area contributed by atoms with E-state index in [-0.39, 0.29) is 13.0 Å². The van der Waals surface area contributed by atoms with Gasteiger partial charge in [-0.2, -0.15) is 8.42 Å². The van der Waals surface area contributed by atoms with Gasteiger partial charge in [-0.3, -0.25) is 19.5 Å². The standard InChI is InChI=1S/C16H29N3O11S/c1-7(22)18-12-14(24)13(23)11(6-21)30-16(12)29-10-4-8(19-9(10)5-20)15(25)17-2-3-31(26,27)28/h8-14,16,19-21,23-24H,2-6H2,1H3,(H,17,25)(H,18,22)(H,26,27,28)/t8-,9+,10-,11+,12+,13+,14+,16+/m0/s1. The third kappa shape index (κ3) is 7.03. The second-order valence-electron chi connectivity index (χ2n) is 7.43. The van der Waals surface area contributed by atoms with Crippen molar-refractivity contribution in [1.82, 2.24) is 16.0 Å². The number of ether oxygens (including phenoxy) is 2. The summed E-state index contributed by atoms with van der Waals surface area (Å²) in [5.41, 5.74) is 0. The highest BCUT2D eigenvalue weighted by molar-refractivity contribution is 7.85. The number of carbonyl (C=O) groups is 2. The van der Waals surface area contributed by atoms with Gasteiger partial charge in [0.15, 0.2) is 6.29 Å². The van der Waals surface area contributed by atoms with E-state index in [4.69, 9.17) is 14.0 Å². The molecule has 0 radical (unpaired) electrons. The molecule has 2 saturated heterocycles. The molecule has 31 heavy (non-hydrogen) atoms. The fourth-order valence-electron chi connectivity index (χ4n) is 3.52. The molecular formula is C16H29N3O11S. The summed E-state index contributed by atoms with van der Waals surface area (Å²) < 4.78 is 41.5. The number of hydrogen-bond donors (Lipinski definition) is 8. The van der Waals surface area contributed by atoms with Crippen LogP contribution >= 0.6 is 0 Å². The lowest BCUT2D eigenvalue weighted by Gasteiger charge is -2.43. The van der Waals surface area contributed by atoms with Crippen LogP contribution in [0.3, 0.4) is 0 Å². The molecule has 8 atom stereocenters. The van der Waals surface area contributed by atoms with Crippen molar-refractivity contribution >= 4 is 21.9 Å². The van der Waals surface area contributed by atoms with Gasteiger partial charge in [0.25, 0.3) is 10.1 Å². The average Bonchev–Trinajstić information content (AvgIpc) is 3.09. The van der Waals surface area contributed by atoms with Gasteiger partial charge < -0.3 is 40.5 Å². The highest BCUT2D eigenvalue weighted by atomic mass is 32.2. The van der Waals surface area contributed by atoms with E-state index in [1.165, 1.54) is 6.92 Å². The molecule has 0 saturated carbocycles. The Hall–Kier alpha value is -1.43. The quantitative estimate of drug-likeness (QED) is 0.148. The summed E-state index contributed by atoms with van der Waals surface area (Å²) in [7, 11) is -4.24. The van der Waals surface area contributed by atoms with Gasteiger partial charge in [-0.05, 0) is 6.42 Å². The van der Waals surface area contributed by atoms with Crippen LogP contribution in [-0.2, 0) is 29.2 Å². The van der Waals surface area contributed by atoms with Crippen LogP contribution < -0.4 is 16.0 Å². The highest BCUT2D eigenvalue weighted by Gasteiger charge is 2.48. The zero-order chi connectivity index (χ0) is 23.3. The zero-order valence-electron chi connectivity index (χ0n) is 16.7. The predicted octanol–water partition coefficient (Wildman–Crippen LogP) is -4.96. The van der Waals surface area contributed by atoms with Crippen molar-refractivity contribution in [2.24, 2.45) is 0 Å². The van der Waals surface area contributed by atoms with Gasteiger partial charge in [0, 0.05) is 13.5 Å². The first kappa shape index (κ1) is 25.8. The summed E-state index contributed by atoms with van der Waals surface area (Å²) in [6.45, 7) is -0.194. The summed E-state index contributed by atoms with van der Waals surface area (Å²) in [5, 5.41) is 47.0. The van der Waals surface area contributed by atoms with Crippen molar-refractivity contribution < 1.29 is 52.5 Å². The SMILES string of the molecule is CC(=O)N[C@H]1[C@H](O[C@H]2C[C@@H](C(=O)NCCS(=O)(=O)O)N[C@@H]2CO)O[C@H](CO)[C@@H](O)[C@@H]1O. The summed E-state index contributed by atoms with van der Waals surface area (Å²) in [6, 6.07) is -2.79. The Bertz CT molecular complexity index is 736. The van der Waals surface area contributed by atoms with E-state index in [0.717, 1.165) is 0 Å². The number of aliphatic hydroxyl groups excluding tert-OH is 4. The van der Waals surface area contributed by atoms with Gasteiger partial charge in [0.05, 0.1) is 37.2 Å². The molecule has 180 valence electrons. The van der Waals surface area contributed by atoms with Gasteiger partial charge in [-0.1, -0.05) is 0 Å². The Morgan fingerprint density at radius 1 is 1.19 bits per heavy atom. The van der Waals surface area contributed by atoms with Crippen LogP contribution in [0.1, 0.15) is 13.3 Å². The molecule has 2 heterocycles. The van der Waals surface area contributed by atoms with Crippen LogP contribution in [0.5, 0.6) is 0 Å². The molecule has 2 rings (SSSR count). The smallest absolute Gasteiger partial charge is 0.266 e. The lowest BCUT2D eigenvalue weighted by atomic mass is 9.96. The zero-order valence-corrected chi connectivity index (χ0v) is 17.6. The molecule has 15 heteroatoms. The number of hydrogen-bond acceptors (Lipinski definition) is 11. The Balaban J connectivity index is 2.05. The molecule has 0 unspecified atom stereocenters. The molecule has 0 spiro atoms. The topological polar surface area (TPSA) is 224 Å². The van der Waals surface area contributed by atoms with Crippen LogP contribution in [0.15, 0.2) is 0 Å². The minimum Gasteiger partial charge on any atom is -0.395 e. The van der Waals surface area contributed by atoms with Crippen molar-refractivity contribution in [3.63, 3.8) is 0 Å². The van der Waals surface area contributed by atoms with Gasteiger partial charge in [0.1, 0.15) is 24.4 Å². The molecule has 2 aliphatic rings. The molecular weight excluding hydrogens is 442 g/mol. The van der Waals surface area contributed by atoms with E-state index in [9.17, 15) is 38.4 Å². The molecule has 14 nitrogen and oxygen atoms in total. The summed E-state index contributed by atoms with van der Waals surface area (Å²) >= 11 is 0. The first-order valence-electron chi connectivity index (χ1n) is 9.61. The molecule has 2 aliphatic heterocycles. The van der Waals surface area contributed by atoms with E-state index in [1.807, 2.05) is 0 Å². The number of carbonyl (C=O) groups excluding carboxylic acids is 2. The van der Waals surface area contributed by atoms with Crippen molar-refractivity contribution in [3.05, 3.63) is 0 Å². The van der Waals surface area contributed by atoms with Crippen LogP contribution in [-0.4, -0.2) is 120 Å². The first-order valence-corrected chi connectivity index (χ1v) is 11.2. The Morgan fingerprint density at radius 2 is 1.87 bits per heavy atom. The maximum Gasteiger partial charge on any atom is 0.266 e. The van der Waals surface area contributed by atoms with Gasteiger partial charge >= 0.3 is 0 Å². The molecule has 2 fully saturated rings. The average molecular weight is 471 g/mol. The van der Waals surface area contributed by atoms with Gasteiger partial charge in [-0.15, -0.1) is 0 Å². The summed E-state index contributed by atoms with van der Waals surface area (Å²) in [5.74, 6) is -1.78. The number of nitrogens with one attached hydrogen (secondary N) is 3.